The van der Waals surface area contributed by atoms with E-state index in [0.29, 0.717) is 32.5 Å². The smallest absolute Gasteiger partial charge is 0.448 e. The van der Waals surface area contributed by atoms with Crippen molar-refractivity contribution in [2.45, 2.75) is 37.5 Å². The first kappa shape index (κ1) is 19.0. The molecule has 2 N–H and O–H groups in total. The average Bonchev–Trinajstić information content (AvgIpc) is 2.88. The number of nitrogens with zero attached hydrogens (tertiary/aromatic N) is 2. The number of amides is 1. The highest BCUT2D eigenvalue weighted by atomic mass is 32.2. The first-order valence-electron chi connectivity index (χ1n) is 8.82. The van der Waals surface area contributed by atoms with Crippen LogP contribution in [-0.4, -0.2) is 63.9 Å². The van der Waals surface area contributed by atoms with E-state index in [1.807, 2.05) is 41.5 Å². The van der Waals surface area contributed by atoms with Gasteiger partial charge in [0.05, 0.1) is 11.7 Å². The van der Waals surface area contributed by atoms with Crippen LogP contribution in [0.1, 0.15) is 24.8 Å². The Balaban J connectivity index is 1.76. The van der Waals surface area contributed by atoms with E-state index in [0.717, 1.165) is 17.7 Å². The van der Waals surface area contributed by atoms with Gasteiger partial charge in [-0.15, -0.1) is 5.06 Å². The molecular formula is C18H25N3O4S. The number of benzene rings is 1. The zero-order chi connectivity index (χ0) is 18.6. The van der Waals surface area contributed by atoms with Gasteiger partial charge in [0, 0.05) is 32.5 Å². The molecule has 1 amide bonds. The Bertz CT molecular complexity index is 635. The van der Waals surface area contributed by atoms with Crippen LogP contribution in [0.5, 0.6) is 0 Å². The van der Waals surface area contributed by atoms with Gasteiger partial charge in [0.25, 0.3) is 0 Å². The third kappa shape index (κ3) is 4.13. The molecule has 1 unspecified atom stereocenters. The van der Waals surface area contributed by atoms with Crippen LogP contribution in [0.25, 0.3) is 0 Å². The molecule has 0 saturated carbocycles. The molecule has 3 rings (SSSR count). The summed E-state index contributed by atoms with van der Waals surface area (Å²) in [6.45, 7) is 1.49. The van der Waals surface area contributed by atoms with Crippen LogP contribution in [0.15, 0.2) is 30.3 Å². The van der Waals surface area contributed by atoms with E-state index in [4.69, 9.17) is 9.94 Å². The summed E-state index contributed by atoms with van der Waals surface area (Å²) < 4.78 is 0. The van der Waals surface area contributed by atoms with Gasteiger partial charge >= 0.3 is 6.16 Å². The summed E-state index contributed by atoms with van der Waals surface area (Å²) in [5.41, 5.74) is 0.658. The number of carbonyl (C=O) groups is 2. The molecule has 1 aromatic carbocycles. The Morgan fingerprint density at radius 3 is 2.65 bits per heavy atom. The fraction of sp³-hybridized carbons (Fsp3) is 0.556. The fourth-order valence-electron chi connectivity index (χ4n) is 3.76. The standard InChI is InChI=1S/C18H25N3O4S/c1-26-12-7-15-16(22)21(13-14-5-3-2-4-6-14)18(19-15)8-10-20(11-9-18)25-17(23)24/h2-6,15,19H,7-13H2,1H3,(H,23,24). The van der Waals surface area contributed by atoms with Crippen molar-refractivity contribution in [2.75, 3.05) is 25.1 Å². The van der Waals surface area contributed by atoms with Gasteiger partial charge in [0.2, 0.25) is 5.91 Å². The van der Waals surface area contributed by atoms with Crippen LogP contribution in [0.2, 0.25) is 0 Å². The molecule has 1 spiro atoms. The van der Waals surface area contributed by atoms with Crippen molar-refractivity contribution in [3.63, 3.8) is 0 Å². The summed E-state index contributed by atoms with van der Waals surface area (Å²) in [5, 5.41) is 13.8. The van der Waals surface area contributed by atoms with Gasteiger partial charge in [0.15, 0.2) is 0 Å². The maximum absolute atomic E-state index is 13.1. The van der Waals surface area contributed by atoms with Gasteiger partial charge in [-0.25, -0.2) is 4.79 Å². The molecule has 0 aliphatic carbocycles. The van der Waals surface area contributed by atoms with Crippen LogP contribution in [0.3, 0.4) is 0 Å². The lowest BCUT2D eigenvalue weighted by Crippen LogP contribution is -2.58. The largest absolute Gasteiger partial charge is 0.525 e. The van der Waals surface area contributed by atoms with E-state index >= 15 is 0 Å². The van der Waals surface area contributed by atoms with Gasteiger partial charge in [-0.1, -0.05) is 30.3 Å². The first-order valence-corrected chi connectivity index (χ1v) is 10.2. The van der Waals surface area contributed by atoms with Gasteiger partial charge in [0.1, 0.15) is 0 Å². The number of piperidine rings is 1. The number of thioether (sulfide) groups is 1. The van der Waals surface area contributed by atoms with E-state index in [2.05, 4.69) is 5.32 Å². The molecule has 2 aliphatic rings. The molecule has 1 aromatic rings. The molecule has 7 nitrogen and oxygen atoms in total. The Morgan fingerprint density at radius 1 is 1.35 bits per heavy atom. The topological polar surface area (TPSA) is 82.1 Å². The highest BCUT2D eigenvalue weighted by Crippen LogP contribution is 2.34. The van der Waals surface area contributed by atoms with Crippen molar-refractivity contribution >= 4 is 23.8 Å². The minimum atomic E-state index is -1.30. The molecule has 2 aliphatic heterocycles. The summed E-state index contributed by atoms with van der Waals surface area (Å²) in [6, 6.07) is 9.79. The molecule has 2 fully saturated rings. The second kappa shape index (κ2) is 8.28. The van der Waals surface area contributed by atoms with Gasteiger partial charge in [-0.2, -0.15) is 11.8 Å². The molecule has 2 heterocycles. The Morgan fingerprint density at radius 2 is 2.04 bits per heavy atom. The van der Waals surface area contributed by atoms with Crippen molar-refractivity contribution in [1.82, 2.24) is 15.3 Å². The number of hydrogen-bond acceptors (Lipinski definition) is 6. The van der Waals surface area contributed by atoms with Gasteiger partial charge in [-0.3, -0.25) is 10.1 Å². The van der Waals surface area contributed by atoms with E-state index in [9.17, 15) is 9.59 Å². The Labute approximate surface area is 157 Å². The third-order valence-corrected chi connectivity index (χ3v) is 5.72. The van der Waals surface area contributed by atoms with Gasteiger partial charge < -0.3 is 14.8 Å². The predicted octanol–water partition coefficient (Wildman–Crippen LogP) is 2.14. The van der Waals surface area contributed by atoms with Crippen LogP contribution in [0, 0.1) is 0 Å². The quantitative estimate of drug-likeness (QED) is 0.784. The summed E-state index contributed by atoms with van der Waals surface area (Å²) in [5.74, 6) is 1.06. The predicted molar refractivity (Wildman–Crippen MR) is 99.6 cm³/mol. The molecule has 0 radical (unpaired) electrons. The molecule has 2 saturated heterocycles. The molecule has 1 atom stereocenters. The lowest BCUT2D eigenvalue weighted by molar-refractivity contribution is -0.157. The van der Waals surface area contributed by atoms with Crippen LogP contribution in [0.4, 0.5) is 4.79 Å². The van der Waals surface area contributed by atoms with E-state index in [1.54, 1.807) is 11.8 Å². The lowest BCUT2D eigenvalue weighted by Gasteiger charge is -2.43. The van der Waals surface area contributed by atoms with Crippen LogP contribution >= 0.6 is 11.8 Å². The van der Waals surface area contributed by atoms with E-state index in [1.165, 1.54) is 5.06 Å². The number of carboxylic acid groups (broad SMARTS) is 1. The molecule has 0 bridgehead atoms. The highest BCUT2D eigenvalue weighted by molar-refractivity contribution is 7.98. The van der Waals surface area contributed by atoms with Crippen molar-refractivity contribution in [1.29, 1.82) is 0 Å². The van der Waals surface area contributed by atoms with Crippen molar-refractivity contribution in [2.24, 2.45) is 0 Å². The van der Waals surface area contributed by atoms with Crippen molar-refractivity contribution in [3.05, 3.63) is 35.9 Å². The van der Waals surface area contributed by atoms with E-state index in [-0.39, 0.29) is 11.9 Å². The average molecular weight is 379 g/mol. The minimum Gasteiger partial charge on any atom is -0.448 e. The third-order valence-electron chi connectivity index (χ3n) is 5.07. The molecule has 8 heteroatoms. The number of nitrogens with one attached hydrogen (secondary N) is 1. The van der Waals surface area contributed by atoms with E-state index < -0.39 is 11.8 Å². The Hall–Kier alpha value is -1.77. The maximum atomic E-state index is 13.1. The second-order valence-electron chi connectivity index (χ2n) is 6.71. The molecule has 142 valence electrons. The number of hydroxylamine groups is 2. The monoisotopic (exact) mass is 379 g/mol. The van der Waals surface area contributed by atoms with Crippen LogP contribution < -0.4 is 5.32 Å². The summed E-state index contributed by atoms with van der Waals surface area (Å²) >= 11 is 1.73. The van der Waals surface area contributed by atoms with Crippen molar-refractivity contribution < 1.29 is 19.5 Å². The maximum Gasteiger partial charge on any atom is 0.525 e. The fourth-order valence-corrected chi connectivity index (χ4v) is 4.23. The Kier molecular flexibility index (Phi) is 6.05. The second-order valence-corrected chi connectivity index (χ2v) is 7.69. The summed E-state index contributed by atoms with van der Waals surface area (Å²) in [4.78, 5) is 30.6. The molecule has 0 aromatic heterocycles. The highest BCUT2D eigenvalue weighted by Gasteiger charge is 2.51. The first-order chi connectivity index (χ1) is 12.5. The lowest BCUT2D eigenvalue weighted by atomic mass is 9.96. The van der Waals surface area contributed by atoms with Crippen LogP contribution in [-0.2, 0) is 16.2 Å². The number of hydrogen-bond donors (Lipinski definition) is 2. The SMILES string of the molecule is CSCCC1NC2(CCN(OC(=O)O)CC2)N(Cc2ccccc2)C1=O. The van der Waals surface area contributed by atoms with Gasteiger partial charge in [-0.05, 0) is 24.0 Å². The van der Waals surface area contributed by atoms with Crippen molar-refractivity contribution in [3.8, 4) is 0 Å². The zero-order valence-electron chi connectivity index (χ0n) is 14.9. The number of rotatable bonds is 6. The zero-order valence-corrected chi connectivity index (χ0v) is 15.7. The number of carbonyl (C=O) groups excluding carboxylic acids is 1. The summed E-state index contributed by atoms with van der Waals surface area (Å²) in [6.07, 6.45) is 2.81. The molecule has 26 heavy (non-hydrogen) atoms. The normalized spacial score (nSPS) is 22.7. The molecular weight excluding hydrogens is 354 g/mol. The summed E-state index contributed by atoms with van der Waals surface area (Å²) in [7, 11) is 0. The minimum absolute atomic E-state index is 0.135.